The molecule has 6 heteroatoms. The lowest BCUT2D eigenvalue weighted by Gasteiger charge is -1.87. The van der Waals surface area contributed by atoms with E-state index >= 15 is 0 Å². The molecule has 9 heavy (non-hydrogen) atoms. The Morgan fingerprint density at radius 2 is 2.67 bits per heavy atom. The molecule has 1 aromatic heterocycles. The van der Waals surface area contributed by atoms with Gasteiger partial charge in [0.25, 0.3) is 0 Å². The minimum atomic E-state index is -0.659. The van der Waals surface area contributed by atoms with Crippen molar-refractivity contribution in [2.45, 2.75) is 0 Å². The lowest BCUT2D eigenvalue weighted by atomic mass is 10.8. The fraction of sp³-hybridized carbons (Fsp3) is 0. The number of rotatable bonds is 2. The van der Waals surface area contributed by atoms with Crippen LogP contribution in [0.2, 0.25) is 0 Å². The molecule has 0 aliphatic heterocycles. The fourth-order valence-corrected chi connectivity index (χ4v) is 0.415. The Labute approximate surface area is 50.0 Å². The maximum absolute atomic E-state index is 9.71. The summed E-state index contributed by atoms with van der Waals surface area (Å²) >= 11 is 0. The first kappa shape index (κ1) is 5.54. The van der Waals surface area contributed by atoms with Crippen molar-refractivity contribution in [3.05, 3.63) is 22.6 Å². The zero-order valence-corrected chi connectivity index (χ0v) is 4.37. The number of hydrogen-bond acceptors (Lipinski definition) is 3. The van der Waals surface area contributed by atoms with Gasteiger partial charge in [-0.15, -0.1) is 0 Å². The Bertz CT molecular complexity index is 194. The van der Waals surface area contributed by atoms with Crippen LogP contribution in [-0.2, 0) is 0 Å². The van der Waals surface area contributed by atoms with Gasteiger partial charge in [-0.3, -0.25) is 0 Å². The van der Waals surface area contributed by atoms with Crippen LogP contribution in [0.3, 0.4) is 0 Å². The van der Waals surface area contributed by atoms with Crippen molar-refractivity contribution in [2.24, 2.45) is 0 Å². The third-order valence-corrected chi connectivity index (χ3v) is 0.710. The van der Waals surface area contributed by atoms with Gasteiger partial charge in [-0.05, 0) is 0 Å². The lowest BCUT2D eigenvalue weighted by molar-refractivity contribution is -0.445. The Morgan fingerprint density at radius 3 is 3.11 bits per heavy atom. The fourth-order valence-electron chi connectivity index (χ4n) is 0.415. The number of aromatic nitrogens is 2. The number of anilines is 1. The topological polar surface area (TPSA) is 83.8 Å². The van der Waals surface area contributed by atoms with Crippen molar-refractivity contribution in [1.29, 1.82) is 0 Å². The standard InChI is InChI=1S/C3H4N4O2/c8-7(9)6-3-1-4-2-5-3/h1-2,6H,(H,4,5). The molecule has 1 aromatic rings. The zero-order valence-electron chi connectivity index (χ0n) is 4.37. The molecule has 0 aliphatic carbocycles. The number of hydrogen-bond donors (Lipinski definition) is 2. The van der Waals surface area contributed by atoms with Gasteiger partial charge in [0.1, 0.15) is 0 Å². The number of hydrazine groups is 1. The number of nitrogens with one attached hydrogen (secondary N) is 2. The van der Waals surface area contributed by atoms with Gasteiger partial charge in [-0.2, -0.15) is 0 Å². The van der Waals surface area contributed by atoms with Gasteiger partial charge in [0.05, 0.1) is 12.5 Å². The second-order valence-corrected chi connectivity index (χ2v) is 1.33. The maximum atomic E-state index is 9.71. The number of imidazole rings is 1. The third-order valence-electron chi connectivity index (χ3n) is 0.710. The molecular weight excluding hydrogens is 124 g/mol. The van der Waals surface area contributed by atoms with Crippen molar-refractivity contribution in [3.8, 4) is 0 Å². The van der Waals surface area contributed by atoms with E-state index in [2.05, 4.69) is 9.97 Å². The highest BCUT2D eigenvalue weighted by atomic mass is 16.7. The van der Waals surface area contributed by atoms with Crippen LogP contribution in [0, 0.1) is 10.1 Å². The zero-order chi connectivity index (χ0) is 6.69. The number of nitrogens with zero attached hydrogens (tertiary/aromatic N) is 2. The van der Waals surface area contributed by atoms with Gasteiger partial charge in [-0.25, -0.2) is 15.1 Å². The third kappa shape index (κ3) is 1.41. The molecular formula is C3H4N4O2. The largest absolute Gasteiger partial charge is 0.327 e. The Morgan fingerprint density at radius 1 is 1.89 bits per heavy atom. The Hall–Kier alpha value is -1.59. The first-order chi connectivity index (χ1) is 4.29. The molecule has 0 fully saturated rings. The summed E-state index contributed by atoms with van der Waals surface area (Å²) in [6.07, 6.45) is 2.68. The second kappa shape index (κ2) is 2.12. The predicted molar refractivity (Wildman–Crippen MR) is 29.2 cm³/mol. The van der Waals surface area contributed by atoms with Crippen molar-refractivity contribution >= 4 is 5.82 Å². The van der Waals surface area contributed by atoms with E-state index in [-0.39, 0.29) is 5.82 Å². The van der Waals surface area contributed by atoms with Gasteiger partial charge in [0, 0.05) is 0 Å². The first-order valence-electron chi connectivity index (χ1n) is 2.18. The molecule has 0 bridgehead atoms. The van der Waals surface area contributed by atoms with E-state index in [1.54, 1.807) is 0 Å². The van der Waals surface area contributed by atoms with E-state index in [0.717, 1.165) is 0 Å². The first-order valence-corrected chi connectivity index (χ1v) is 2.18. The summed E-state index contributed by atoms with van der Waals surface area (Å²) in [5.74, 6) is 0.278. The van der Waals surface area contributed by atoms with Gasteiger partial charge in [0.2, 0.25) is 0 Å². The molecule has 1 heterocycles. The van der Waals surface area contributed by atoms with Gasteiger partial charge in [-0.1, -0.05) is 5.43 Å². The van der Waals surface area contributed by atoms with E-state index in [9.17, 15) is 10.1 Å². The number of H-pyrrole nitrogens is 1. The highest BCUT2D eigenvalue weighted by molar-refractivity contribution is 5.25. The van der Waals surface area contributed by atoms with Crippen LogP contribution in [0.25, 0.3) is 0 Å². The Kier molecular flexibility index (Phi) is 1.31. The maximum Gasteiger partial charge on any atom is 0.188 e. The number of aromatic amines is 1. The van der Waals surface area contributed by atoms with Crippen molar-refractivity contribution in [1.82, 2.24) is 9.97 Å². The van der Waals surface area contributed by atoms with Gasteiger partial charge < -0.3 is 4.98 Å². The second-order valence-electron chi connectivity index (χ2n) is 1.33. The van der Waals surface area contributed by atoms with E-state index in [0.29, 0.717) is 0 Å². The summed E-state index contributed by atoms with van der Waals surface area (Å²) in [7, 11) is 0. The van der Waals surface area contributed by atoms with Crippen LogP contribution < -0.4 is 5.43 Å². The van der Waals surface area contributed by atoms with Crippen molar-refractivity contribution in [2.75, 3.05) is 5.43 Å². The molecule has 0 aliphatic rings. The van der Waals surface area contributed by atoms with Crippen LogP contribution >= 0.6 is 0 Å². The lowest BCUT2D eigenvalue weighted by Crippen LogP contribution is -2.07. The Balaban J connectivity index is 2.58. The van der Waals surface area contributed by atoms with E-state index in [4.69, 9.17) is 0 Å². The summed E-state index contributed by atoms with van der Waals surface area (Å²) in [5.41, 5.74) is 1.89. The monoisotopic (exact) mass is 128 g/mol. The average molecular weight is 128 g/mol. The SMILES string of the molecule is O=[N+]([O-])Nc1cnc[nH]1. The van der Waals surface area contributed by atoms with Crippen LogP contribution in [-0.4, -0.2) is 15.0 Å². The van der Waals surface area contributed by atoms with Gasteiger partial charge in [0.15, 0.2) is 10.9 Å². The minimum Gasteiger partial charge on any atom is -0.327 e. The van der Waals surface area contributed by atoms with Crippen molar-refractivity contribution in [3.63, 3.8) is 0 Å². The molecule has 0 atom stereocenters. The predicted octanol–water partition coefficient (Wildman–Crippen LogP) is 0.0133. The van der Waals surface area contributed by atoms with Crippen LogP contribution in [0.1, 0.15) is 0 Å². The quantitative estimate of drug-likeness (QED) is 0.434. The minimum absolute atomic E-state index is 0.278. The highest BCUT2D eigenvalue weighted by Gasteiger charge is 1.96. The van der Waals surface area contributed by atoms with Crippen LogP contribution in [0.5, 0.6) is 0 Å². The van der Waals surface area contributed by atoms with Crippen LogP contribution in [0.4, 0.5) is 5.82 Å². The molecule has 0 unspecified atom stereocenters. The summed E-state index contributed by atoms with van der Waals surface area (Å²) in [5, 5.41) is 9.05. The van der Waals surface area contributed by atoms with E-state index in [1.165, 1.54) is 12.5 Å². The van der Waals surface area contributed by atoms with Crippen LogP contribution in [0.15, 0.2) is 12.5 Å². The molecule has 0 aromatic carbocycles. The molecule has 0 amide bonds. The smallest absolute Gasteiger partial charge is 0.188 e. The molecule has 2 N–H and O–H groups in total. The highest BCUT2D eigenvalue weighted by Crippen LogP contribution is 1.95. The molecule has 0 spiro atoms. The van der Waals surface area contributed by atoms with E-state index in [1.807, 2.05) is 5.43 Å². The van der Waals surface area contributed by atoms with Gasteiger partial charge >= 0.3 is 0 Å². The average Bonchev–Trinajstić information content (AvgIpc) is 2.15. The van der Waals surface area contributed by atoms with E-state index < -0.39 is 5.03 Å². The molecule has 0 saturated heterocycles. The molecule has 0 saturated carbocycles. The molecule has 1 rings (SSSR count). The molecule has 6 nitrogen and oxygen atoms in total. The summed E-state index contributed by atoms with van der Waals surface area (Å²) < 4.78 is 0. The summed E-state index contributed by atoms with van der Waals surface area (Å²) in [6, 6.07) is 0. The normalized spacial score (nSPS) is 8.89. The summed E-state index contributed by atoms with van der Waals surface area (Å²) in [4.78, 5) is 15.8. The summed E-state index contributed by atoms with van der Waals surface area (Å²) in [6.45, 7) is 0. The number of nitro groups is 1. The van der Waals surface area contributed by atoms with Crippen molar-refractivity contribution < 1.29 is 5.03 Å². The molecule has 0 radical (unpaired) electrons. The molecule has 48 valence electrons.